The van der Waals surface area contributed by atoms with Crippen LogP contribution < -0.4 is 14.4 Å². The number of ether oxygens (including phenoxy) is 2. The van der Waals surface area contributed by atoms with E-state index in [0.717, 1.165) is 23.3 Å². The van der Waals surface area contributed by atoms with Crippen molar-refractivity contribution in [3.63, 3.8) is 0 Å². The van der Waals surface area contributed by atoms with Crippen molar-refractivity contribution >= 4 is 45.0 Å². The number of carbonyl (C=O) groups is 1. The van der Waals surface area contributed by atoms with Crippen LogP contribution in [0.15, 0.2) is 42.5 Å². The number of benzene rings is 2. The molecule has 32 heavy (non-hydrogen) atoms. The molecule has 0 aliphatic carbocycles. The lowest BCUT2D eigenvalue weighted by molar-refractivity contribution is -0.120. The minimum absolute atomic E-state index is 0. The standard InChI is InChI=1S/C23H28FN3O3S.ClH/c1-4-26(5-2)14-15-27(21(28)16-30-18-11-8-7-10-17(18)24)23-25-22-19(29-6-3)12-9-13-20(22)31-23;/h7-13H,4-6,14-16H2,1-3H3;1H. The first-order chi connectivity index (χ1) is 15.1. The van der Waals surface area contributed by atoms with Crippen LogP contribution in [0.1, 0.15) is 20.8 Å². The van der Waals surface area contributed by atoms with Crippen LogP contribution in [0.25, 0.3) is 10.2 Å². The van der Waals surface area contributed by atoms with Crippen LogP contribution in [0.4, 0.5) is 9.52 Å². The molecule has 1 aromatic heterocycles. The summed E-state index contributed by atoms with van der Waals surface area (Å²) in [5.41, 5.74) is 0.736. The summed E-state index contributed by atoms with van der Waals surface area (Å²) in [5.74, 6) is -0.0116. The fraction of sp³-hybridized carbons (Fsp3) is 0.391. The molecule has 0 fully saturated rings. The van der Waals surface area contributed by atoms with E-state index in [2.05, 4.69) is 18.7 Å². The maximum atomic E-state index is 13.9. The summed E-state index contributed by atoms with van der Waals surface area (Å²) in [6.07, 6.45) is 0. The maximum absolute atomic E-state index is 13.9. The van der Waals surface area contributed by atoms with E-state index in [1.807, 2.05) is 25.1 Å². The van der Waals surface area contributed by atoms with Gasteiger partial charge in [-0.15, -0.1) is 12.4 Å². The summed E-state index contributed by atoms with van der Waals surface area (Å²) in [6, 6.07) is 11.8. The van der Waals surface area contributed by atoms with E-state index in [4.69, 9.17) is 14.5 Å². The molecule has 9 heteroatoms. The predicted octanol–water partition coefficient (Wildman–Crippen LogP) is 5.01. The highest BCUT2D eigenvalue weighted by Crippen LogP contribution is 2.34. The average Bonchev–Trinajstić information content (AvgIpc) is 3.21. The highest BCUT2D eigenvalue weighted by atomic mass is 35.5. The zero-order valence-corrected chi connectivity index (χ0v) is 20.2. The summed E-state index contributed by atoms with van der Waals surface area (Å²) in [7, 11) is 0. The van der Waals surface area contributed by atoms with Crippen molar-refractivity contribution in [2.45, 2.75) is 20.8 Å². The minimum atomic E-state index is -0.494. The van der Waals surface area contributed by atoms with Gasteiger partial charge in [-0.2, -0.15) is 0 Å². The van der Waals surface area contributed by atoms with Gasteiger partial charge in [0.15, 0.2) is 23.3 Å². The predicted molar refractivity (Wildman–Crippen MR) is 130 cm³/mol. The van der Waals surface area contributed by atoms with Crippen molar-refractivity contribution in [3.05, 3.63) is 48.3 Å². The topological polar surface area (TPSA) is 54.9 Å². The first-order valence-corrected chi connectivity index (χ1v) is 11.3. The average molecular weight is 482 g/mol. The van der Waals surface area contributed by atoms with E-state index < -0.39 is 5.82 Å². The third-order valence-corrected chi connectivity index (χ3v) is 5.97. The SMILES string of the molecule is CCOc1cccc2sc(N(CCN(CC)CC)C(=O)COc3ccccc3F)nc12.Cl. The van der Waals surface area contributed by atoms with Gasteiger partial charge in [0.05, 0.1) is 11.3 Å². The van der Waals surface area contributed by atoms with Crippen LogP contribution in [0.2, 0.25) is 0 Å². The zero-order chi connectivity index (χ0) is 22.2. The van der Waals surface area contributed by atoms with Crippen molar-refractivity contribution < 1.29 is 18.7 Å². The second-order valence-electron chi connectivity index (χ2n) is 6.82. The lowest BCUT2D eigenvalue weighted by atomic mass is 10.3. The van der Waals surface area contributed by atoms with Gasteiger partial charge >= 0.3 is 0 Å². The zero-order valence-electron chi connectivity index (χ0n) is 18.5. The molecule has 0 spiro atoms. The van der Waals surface area contributed by atoms with Gasteiger partial charge in [0, 0.05) is 13.1 Å². The van der Waals surface area contributed by atoms with Crippen LogP contribution >= 0.6 is 23.7 Å². The molecule has 0 radical (unpaired) electrons. The monoisotopic (exact) mass is 481 g/mol. The van der Waals surface area contributed by atoms with Crippen LogP contribution in [0, 0.1) is 5.82 Å². The van der Waals surface area contributed by atoms with E-state index >= 15 is 0 Å². The molecule has 6 nitrogen and oxygen atoms in total. The minimum Gasteiger partial charge on any atom is -0.492 e. The Morgan fingerprint density at radius 3 is 2.41 bits per heavy atom. The molecule has 0 saturated carbocycles. The first kappa shape index (κ1) is 25.8. The molecule has 1 amide bonds. The molecule has 0 atom stereocenters. The number of rotatable bonds is 11. The Bertz CT molecular complexity index is 1010. The molecule has 0 saturated heterocycles. The highest BCUT2D eigenvalue weighted by Gasteiger charge is 2.22. The van der Waals surface area contributed by atoms with Gasteiger partial charge in [-0.05, 0) is 44.3 Å². The normalized spacial score (nSPS) is 10.8. The number of anilines is 1. The number of para-hydroxylation sites is 2. The smallest absolute Gasteiger partial charge is 0.266 e. The Labute approximate surface area is 198 Å². The largest absolute Gasteiger partial charge is 0.492 e. The summed E-state index contributed by atoms with van der Waals surface area (Å²) in [5, 5.41) is 0.580. The van der Waals surface area contributed by atoms with E-state index in [1.165, 1.54) is 23.5 Å². The summed E-state index contributed by atoms with van der Waals surface area (Å²) < 4.78 is 26.0. The molecule has 0 bridgehead atoms. The quantitative estimate of drug-likeness (QED) is 0.385. The molecular weight excluding hydrogens is 453 g/mol. The van der Waals surface area contributed by atoms with Gasteiger partial charge in [-0.25, -0.2) is 9.37 Å². The number of hydrogen-bond acceptors (Lipinski definition) is 6. The molecule has 1 heterocycles. The number of hydrogen-bond donors (Lipinski definition) is 0. The van der Waals surface area contributed by atoms with Gasteiger partial charge in [-0.3, -0.25) is 9.69 Å². The van der Waals surface area contributed by atoms with E-state index in [9.17, 15) is 9.18 Å². The van der Waals surface area contributed by atoms with Crippen molar-refractivity contribution in [2.75, 3.05) is 44.3 Å². The lowest BCUT2D eigenvalue weighted by Gasteiger charge is -2.24. The Morgan fingerprint density at radius 1 is 1.00 bits per heavy atom. The summed E-state index contributed by atoms with van der Waals surface area (Å²) >= 11 is 1.43. The number of likely N-dealkylation sites (N-methyl/N-ethyl adjacent to an activating group) is 1. The number of fused-ring (bicyclic) bond motifs is 1. The molecule has 0 aliphatic heterocycles. The van der Waals surface area contributed by atoms with Crippen LogP contribution in [0.5, 0.6) is 11.5 Å². The molecule has 174 valence electrons. The molecule has 0 unspecified atom stereocenters. The molecule has 0 N–H and O–H groups in total. The number of nitrogens with zero attached hydrogens (tertiary/aromatic N) is 3. The van der Waals surface area contributed by atoms with Gasteiger partial charge in [0.25, 0.3) is 5.91 Å². The number of amides is 1. The molecule has 0 aliphatic rings. The number of carbonyl (C=O) groups excluding carboxylic acids is 1. The molecule has 2 aromatic carbocycles. The van der Waals surface area contributed by atoms with Crippen molar-refractivity contribution in [1.82, 2.24) is 9.88 Å². The highest BCUT2D eigenvalue weighted by molar-refractivity contribution is 7.22. The number of halogens is 2. The van der Waals surface area contributed by atoms with Gasteiger partial charge in [-0.1, -0.05) is 43.4 Å². The Kier molecular flexibility index (Phi) is 10.2. The van der Waals surface area contributed by atoms with E-state index in [0.29, 0.717) is 30.6 Å². The van der Waals surface area contributed by atoms with Crippen molar-refractivity contribution in [2.24, 2.45) is 0 Å². The third kappa shape index (κ3) is 6.31. The fourth-order valence-electron chi connectivity index (χ4n) is 3.19. The Balaban J connectivity index is 0.00000363. The summed E-state index contributed by atoms with van der Waals surface area (Å²) in [4.78, 5) is 21.7. The maximum Gasteiger partial charge on any atom is 0.266 e. The van der Waals surface area contributed by atoms with Crippen molar-refractivity contribution in [3.8, 4) is 11.5 Å². The van der Waals surface area contributed by atoms with Crippen LogP contribution in [-0.4, -0.2) is 55.2 Å². The second-order valence-corrected chi connectivity index (χ2v) is 7.83. The van der Waals surface area contributed by atoms with Crippen molar-refractivity contribution in [1.29, 1.82) is 0 Å². The second kappa shape index (κ2) is 12.6. The van der Waals surface area contributed by atoms with E-state index in [-0.39, 0.29) is 30.7 Å². The van der Waals surface area contributed by atoms with Gasteiger partial charge < -0.3 is 14.4 Å². The number of thiazole rings is 1. The first-order valence-electron chi connectivity index (χ1n) is 10.5. The van der Waals surface area contributed by atoms with E-state index in [1.54, 1.807) is 17.0 Å². The van der Waals surface area contributed by atoms with Gasteiger partial charge in [0.2, 0.25) is 0 Å². The third-order valence-electron chi connectivity index (χ3n) is 4.92. The summed E-state index contributed by atoms with van der Waals surface area (Å²) in [6.45, 7) is 9.30. The Morgan fingerprint density at radius 2 is 1.72 bits per heavy atom. The molecular formula is C23H29ClFN3O3S. The van der Waals surface area contributed by atoms with Crippen LogP contribution in [0.3, 0.4) is 0 Å². The van der Waals surface area contributed by atoms with Crippen LogP contribution in [-0.2, 0) is 4.79 Å². The molecule has 3 aromatic rings. The number of aromatic nitrogens is 1. The fourth-order valence-corrected chi connectivity index (χ4v) is 4.21. The lowest BCUT2D eigenvalue weighted by Crippen LogP contribution is -2.41. The molecule has 3 rings (SSSR count). The van der Waals surface area contributed by atoms with Gasteiger partial charge in [0.1, 0.15) is 11.3 Å². The Hall–Kier alpha value is -2.42.